The first-order valence-electron chi connectivity index (χ1n) is 10.7. The first-order valence-corrected chi connectivity index (χ1v) is 10.7. The smallest absolute Gasteiger partial charge is 0.407 e. The third-order valence-electron chi connectivity index (χ3n) is 5.88. The average Bonchev–Trinajstić information content (AvgIpc) is 2.81. The molecule has 168 valence electrons. The van der Waals surface area contributed by atoms with Crippen LogP contribution in [-0.2, 0) is 27.5 Å². The number of benzene rings is 1. The monoisotopic (exact) mass is 438 g/mol. The van der Waals surface area contributed by atoms with Gasteiger partial charge in [-0.3, -0.25) is 14.4 Å². The van der Waals surface area contributed by atoms with Crippen molar-refractivity contribution >= 4 is 17.9 Å². The summed E-state index contributed by atoms with van der Waals surface area (Å²) in [5.74, 6) is -0.297. The van der Waals surface area contributed by atoms with E-state index in [-0.39, 0.29) is 43.0 Å². The van der Waals surface area contributed by atoms with Crippen LogP contribution in [0.5, 0.6) is 0 Å². The molecule has 1 aromatic carbocycles. The molecule has 2 unspecified atom stereocenters. The van der Waals surface area contributed by atoms with Crippen molar-refractivity contribution in [2.24, 2.45) is 5.92 Å². The van der Waals surface area contributed by atoms with Gasteiger partial charge < -0.3 is 24.8 Å². The molecule has 0 radical (unpaired) electrons. The van der Waals surface area contributed by atoms with Crippen molar-refractivity contribution in [2.45, 2.75) is 25.5 Å². The number of aromatic nitrogens is 1. The number of piperidine rings is 1. The quantitative estimate of drug-likeness (QED) is 0.695. The van der Waals surface area contributed by atoms with E-state index in [9.17, 15) is 19.2 Å². The van der Waals surface area contributed by atoms with Crippen LogP contribution in [0.3, 0.4) is 0 Å². The minimum atomic E-state index is -0.701. The van der Waals surface area contributed by atoms with Crippen LogP contribution in [0.2, 0.25) is 0 Å². The van der Waals surface area contributed by atoms with E-state index in [4.69, 9.17) is 4.74 Å². The zero-order valence-electron chi connectivity index (χ0n) is 17.7. The molecule has 3 heterocycles. The lowest BCUT2D eigenvalue weighted by Crippen LogP contribution is -2.51. The highest BCUT2D eigenvalue weighted by atomic mass is 16.5. The Labute approximate surface area is 185 Å². The minimum absolute atomic E-state index is 0.000893. The first-order chi connectivity index (χ1) is 15.5. The van der Waals surface area contributed by atoms with E-state index < -0.39 is 12.0 Å². The van der Waals surface area contributed by atoms with E-state index in [0.717, 1.165) is 17.7 Å². The van der Waals surface area contributed by atoms with E-state index in [1.165, 1.54) is 0 Å². The summed E-state index contributed by atoms with van der Waals surface area (Å²) in [7, 11) is 0. The first kappa shape index (κ1) is 21.6. The van der Waals surface area contributed by atoms with Crippen molar-refractivity contribution in [1.82, 2.24) is 20.1 Å². The number of rotatable bonds is 6. The molecular weight excluding hydrogens is 412 g/mol. The average molecular weight is 438 g/mol. The zero-order valence-corrected chi connectivity index (χ0v) is 17.7. The SMILES string of the molecule is O=C(CNC(=O)OCc1ccccc1)NCC(=O)N1CC2CC(C1)c1cccc(=O)n1C2. The maximum Gasteiger partial charge on any atom is 0.407 e. The number of likely N-dealkylation sites (tertiary alicyclic amines) is 1. The number of alkyl carbamates (subject to hydrolysis) is 1. The summed E-state index contributed by atoms with van der Waals surface area (Å²) >= 11 is 0. The Morgan fingerprint density at radius 3 is 2.56 bits per heavy atom. The Kier molecular flexibility index (Phi) is 6.53. The van der Waals surface area contributed by atoms with Gasteiger partial charge in [-0.05, 0) is 24.0 Å². The largest absolute Gasteiger partial charge is 0.445 e. The summed E-state index contributed by atoms with van der Waals surface area (Å²) in [6.45, 7) is 1.40. The van der Waals surface area contributed by atoms with Crippen LogP contribution in [-0.4, -0.2) is 53.6 Å². The van der Waals surface area contributed by atoms with E-state index in [1.54, 1.807) is 17.0 Å². The number of carbonyl (C=O) groups is 3. The molecule has 4 rings (SSSR count). The number of carbonyl (C=O) groups excluding carboxylic acids is 3. The van der Waals surface area contributed by atoms with Gasteiger partial charge in [0.25, 0.3) is 5.56 Å². The second kappa shape index (κ2) is 9.67. The van der Waals surface area contributed by atoms with Gasteiger partial charge in [-0.15, -0.1) is 0 Å². The van der Waals surface area contributed by atoms with Crippen LogP contribution in [0.15, 0.2) is 53.3 Å². The predicted molar refractivity (Wildman–Crippen MR) is 116 cm³/mol. The molecule has 1 fully saturated rings. The van der Waals surface area contributed by atoms with Crippen molar-refractivity contribution < 1.29 is 19.1 Å². The molecule has 2 N–H and O–H groups in total. The van der Waals surface area contributed by atoms with Gasteiger partial charge >= 0.3 is 6.09 Å². The van der Waals surface area contributed by atoms with E-state index in [0.29, 0.717) is 19.6 Å². The van der Waals surface area contributed by atoms with E-state index in [1.807, 2.05) is 41.0 Å². The van der Waals surface area contributed by atoms with Gasteiger partial charge in [0.15, 0.2) is 0 Å². The summed E-state index contributed by atoms with van der Waals surface area (Å²) in [6, 6.07) is 14.5. The van der Waals surface area contributed by atoms with Gasteiger partial charge in [-0.1, -0.05) is 36.4 Å². The highest BCUT2D eigenvalue weighted by molar-refractivity contribution is 5.87. The Morgan fingerprint density at radius 1 is 0.938 bits per heavy atom. The molecule has 2 aromatic rings. The summed E-state index contributed by atoms with van der Waals surface area (Å²) < 4.78 is 6.86. The normalized spacial score (nSPS) is 18.9. The molecular formula is C23H26N4O5. The number of pyridine rings is 1. The van der Waals surface area contributed by atoms with Crippen LogP contribution < -0.4 is 16.2 Å². The molecule has 9 nitrogen and oxygen atoms in total. The van der Waals surface area contributed by atoms with E-state index >= 15 is 0 Å². The lowest BCUT2D eigenvalue weighted by Gasteiger charge is -2.42. The fourth-order valence-corrected chi connectivity index (χ4v) is 4.38. The molecule has 0 spiro atoms. The Morgan fingerprint density at radius 2 is 1.75 bits per heavy atom. The molecule has 2 aliphatic heterocycles. The summed E-state index contributed by atoms with van der Waals surface area (Å²) in [6.07, 6.45) is 0.252. The number of fused-ring (bicyclic) bond motifs is 4. The maximum atomic E-state index is 12.6. The molecule has 2 aliphatic rings. The molecule has 0 aliphatic carbocycles. The fraction of sp³-hybridized carbons (Fsp3) is 0.391. The van der Waals surface area contributed by atoms with Crippen LogP contribution in [0.25, 0.3) is 0 Å². The van der Waals surface area contributed by atoms with Crippen molar-refractivity contribution in [1.29, 1.82) is 0 Å². The van der Waals surface area contributed by atoms with E-state index in [2.05, 4.69) is 10.6 Å². The van der Waals surface area contributed by atoms with Crippen molar-refractivity contribution in [3.05, 3.63) is 70.1 Å². The zero-order chi connectivity index (χ0) is 22.5. The summed E-state index contributed by atoms with van der Waals surface area (Å²) in [4.78, 5) is 50.2. The van der Waals surface area contributed by atoms with Crippen molar-refractivity contribution in [3.63, 3.8) is 0 Å². The number of amides is 3. The topological polar surface area (TPSA) is 110 Å². The number of ether oxygens (including phenoxy) is 1. The molecule has 1 saturated heterocycles. The maximum absolute atomic E-state index is 12.6. The highest BCUT2D eigenvalue weighted by Crippen LogP contribution is 2.34. The Balaban J connectivity index is 1.20. The second-order valence-corrected chi connectivity index (χ2v) is 8.19. The lowest BCUT2D eigenvalue weighted by atomic mass is 9.83. The summed E-state index contributed by atoms with van der Waals surface area (Å²) in [5, 5.41) is 4.92. The Hall–Kier alpha value is -3.62. The number of hydrogen-bond acceptors (Lipinski definition) is 5. The molecule has 2 atom stereocenters. The van der Waals surface area contributed by atoms with Gasteiger partial charge in [0.2, 0.25) is 11.8 Å². The molecule has 0 saturated carbocycles. The molecule has 9 heteroatoms. The summed E-state index contributed by atoms with van der Waals surface area (Å²) in [5.41, 5.74) is 1.81. The van der Waals surface area contributed by atoms with Crippen LogP contribution >= 0.6 is 0 Å². The fourth-order valence-electron chi connectivity index (χ4n) is 4.38. The molecule has 2 bridgehead atoms. The third-order valence-corrected chi connectivity index (χ3v) is 5.88. The van der Waals surface area contributed by atoms with Gasteiger partial charge in [0.05, 0.1) is 6.54 Å². The van der Waals surface area contributed by atoms with Gasteiger partial charge in [0.1, 0.15) is 13.2 Å². The number of hydrogen-bond donors (Lipinski definition) is 2. The van der Waals surface area contributed by atoms with Gasteiger partial charge in [-0.2, -0.15) is 0 Å². The highest BCUT2D eigenvalue weighted by Gasteiger charge is 2.36. The molecule has 32 heavy (non-hydrogen) atoms. The van der Waals surface area contributed by atoms with Gasteiger partial charge in [-0.25, -0.2) is 4.79 Å². The molecule has 1 aromatic heterocycles. The van der Waals surface area contributed by atoms with Crippen LogP contribution in [0.1, 0.15) is 23.6 Å². The third kappa shape index (κ3) is 5.16. The van der Waals surface area contributed by atoms with Gasteiger partial charge in [0, 0.05) is 37.3 Å². The second-order valence-electron chi connectivity index (χ2n) is 8.19. The Bertz CT molecular complexity index is 1050. The lowest BCUT2D eigenvalue weighted by molar-refractivity contribution is -0.135. The standard InChI is InChI=1S/C23H26N4O5/c28-20(10-25-23(31)32-15-16-5-2-1-3-6-16)24-11-22(30)26-12-17-9-18(14-26)19-7-4-8-21(29)27(19)13-17/h1-8,17-18H,9-15H2,(H,24,28)(H,25,31). The predicted octanol–water partition coefficient (Wildman–Crippen LogP) is 0.837. The minimum Gasteiger partial charge on any atom is -0.445 e. The van der Waals surface area contributed by atoms with Crippen LogP contribution in [0, 0.1) is 5.92 Å². The number of nitrogens with zero attached hydrogens (tertiary/aromatic N) is 2. The van der Waals surface area contributed by atoms with Crippen LogP contribution in [0.4, 0.5) is 4.79 Å². The number of nitrogens with one attached hydrogen (secondary N) is 2. The van der Waals surface area contributed by atoms with Crippen molar-refractivity contribution in [3.8, 4) is 0 Å². The molecule has 3 amide bonds. The van der Waals surface area contributed by atoms with Crippen molar-refractivity contribution in [2.75, 3.05) is 26.2 Å².